The maximum Gasteiger partial charge on any atom is 0.414 e. The Labute approximate surface area is 165 Å². The van der Waals surface area contributed by atoms with Crippen molar-refractivity contribution in [3.05, 3.63) is 60.3 Å². The fourth-order valence-corrected chi connectivity index (χ4v) is 4.12. The van der Waals surface area contributed by atoms with Crippen LogP contribution >= 0.6 is 0 Å². The van der Waals surface area contributed by atoms with Crippen molar-refractivity contribution in [1.29, 1.82) is 0 Å². The molecule has 0 saturated heterocycles. The van der Waals surface area contributed by atoms with Crippen molar-refractivity contribution in [3.8, 4) is 0 Å². The highest BCUT2D eigenvalue weighted by molar-refractivity contribution is 7.90. The van der Waals surface area contributed by atoms with Gasteiger partial charge in [0, 0.05) is 24.3 Å². The van der Waals surface area contributed by atoms with Crippen LogP contribution in [-0.2, 0) is 14.8 Å². The van der Waals surface area contributed by atoms with Crippen molar-refractivity contribution in [1.82, 2.24) is 3.97 Å². The van der Waals surface area contributed by atoms with Crippen LogP contribution in [0, 0.1) is 6.92 Å². The second kappa shape index (κ2) is 6.98. The van der Waals surface area contributed by atoms with E-state index in [4.69, 9.17) is 4.74 Å². The largest absolute Gasteiger partial charge is 0.443 e. The third kappa shape index (κ3) is 3.89. The van der Waals surface area contributed by atoms with Crippen molar-refractivity contribution in [2.75, 3.05) is 11.9 Å². The Morgan fingerprint density at radius 2 is 1.68 bits per heavy atom. The maximum absolute atomic E-state index is 13.1. The first-order chi connectivity index (χ1) is 13.0. The van der Waals surface area contributed by atoms with Gasteiger partial charge in [0.05, 0.1) is 10.4 Å². The minimum absolute atomic E-state index is 0.210. The van der Waals surface area contributed by atoms with Gasteiger partial charge in [0.15, 0.2) is 0 Å². The minimum Gasteiger partial charge on any atom is -0.443 e. The molecule has 148 valence electrons. The minimum atomic E-state index is -3.75. The summed E-state index contributed by atoms with van der Waals surface area (Å²) in [7, 11) is -2.15. The summed E-state index contributed by atoms with van der Waals surface area (Å²) < 4.78 is 32.8. The van der Waals surface area contributed by atoms with Gasteiger partial charge in [-0.15, -0.1) is 0 Å². The number of nitrogens with zero attached hydrogens (tertiary/aromatic N) is 2. The predicted octanol–water partition coefficient (Wildman–Crippen LogP) is 4.56. The molecule has 0 atom stereocenters. The fraction of sp³-hybridized carbons (Fsp3) is 0.286. The van der Waals surface area contributed by atoms with Crippen LogP contribution in [0.4, 0.5) is 10.5 Å². The van der Waals surface area contributed by atoms with Crippen LogP contribution in [-0.4, -0.2) is 31.1 Å². The highest BCUT2D eigenvalue weighted by Crippen LogP contribution is 2.27. The molecule has 7 heteroatoms. The Morgan fingerprint density at radius 1 is 1.04 bits per heavy atom. The van der Waals surface area contributed by atoms with Gasteiger partial charge in [-0.1, -0.05) is 23.8 Å². The molecule has 3 aromatic rings. The number of carbonyl (C=O) groups is 1. The Bertz CT molecular complexity index is 1120. The SMILES string of the molecule is Cc1ccc(S(=O)(=O)n2ccc3ccc(N(C)C(=O)OC(C)(C)C)cc32)cc1. The van der Waals surface area contributed by atoms with E-state index in [1.165, 1.54) is 15.1 Å². The Balaban J connectivity index is 2.03. The standard InChI is InChI=1S/C21H24N2O4S/c1-15-6-10-18(11-7-15)28(25,26)23-13-12-16-8-9-17(14-19(16)23)22(5)20(24)27-21(2,3)4/h6-14H,1-5H3. The lowest BCUT2D eigenvalue weighted by atomic mass is 10.2. The first-order valence-corrected chi connectivity index (χ1v) is 10.3. The summed E-state index contributed by atoms with van der Waals surface area (Å²) >= 11 is 0. The highest BCUT2D eigenvalue weighted by Gasteiger charge is 2.23. The highest BCUT2D eigenvalue weighted by atomic mass is 32.2. The molecular formula is C21H24N2O4S. The number of anilines is 1. The molecule has 0 spiro atoms. The molecule has 0 N–H and O–H groups in total. The predicted molar refractivity (Wildman–Crippen MR) is 110 cm³/mol. The molecule has 0 unspecified atom stereocenters. The van der Waals surface area contributed by atoms with E-state index in [0.717, 1.165) is 10.9 Å². The average Bonchev–Trinajstić information content (AvgIpc) is 3.03. The molecule has 0 fully saturated rings. The third-order valence-electron chi connectivity index (χ3n) is 4.27. The van der Waals surface area contributed by atoms with Crippen molar-refractivity contribution in [3.63, 3.8) is 0 Å². The summed E-state index contributed by atoms with van der Waals surface area (Å²) in [5, 5.41) is 0.761. The van der Waals surface area contributed by atoms with E-state index in [0.29, 0.717) is 11.2 Å². The number of ether oxygens (including phenoxy) is 1. The number of fused-ring (bicyclic) bond motifs is 1. The molecule has 0 aliphatic rings. The summed E-state index contributed by atoms with van der Waals surface area (Å²) in [4.78, 5) is 13.9. The fourth-order valence-electron chi connectivity index (χ4n) is 2.77. The molecule has 0 saturated carbocycles. The lowest BCUT2D eigenvalue weighted by molar-refractivity contribution is 0.0589. The van der Waals surface area contributed by atoms with E-state index < -0.39 is 21.7 Å². The number of benzene rings is 2. The smallest absolute Gasteiger partial charge is 0.414 e. The molecular weight excluding hydrogens is 376 g/mol. The summed E-state index contributed by atoms with van der Waals surface area (Å²) in [5.41, 5.74) is 1.40. The quantitative estimate of drug-likeness (QED) is 0.646. The number of hydrogen-bond donors (Lipinski definition) is 0. The summed E-state index contributed by atoms with van der Waals surface area (Å²) in [6.07, 6.45) is 1.02. The van der Waals surface area contributed by atoms with Gasteiger partial charge < -0.3 is 4.74 Å². The van der Waals surface area contributed by atoms with E-state index in [2.05, 4.69) is 0 Å². The van der Waals surface area contributed by atoms with Gasteiger partial charge in [0.1, 0.15) is 5.60 Å². The van der Waals surface area contributed by atoms with Crippen molar-refractivity contribution in [2.24, 2.45) is 0 Å². The van der Waals surface area contributed by atoms with Crippen LogP contribution in [0.1, 0.15) is 26.3 Å². The van der Waals surface area contributed by atoms with Crippen molar-refractivity contribution >= 4 is 32.7 Å². The van der Waals surface area contributed by atoms with E-state index in [-0.39, 0.29) is 4.90 Å². The zero-order valence-electron chi connectivity index (χ0n) is 16.6. The van der Waals surface area contributed by atoms with Crippen molar-refractivity contribution in [2.45, 2.75) is 38.2 Å². The molecule has 2 aromatic carbocycles. The lowest BCUT2D eigenvalue weighted by Crippen LogP contribution is -2.34. The molecule has 1 heterocycles. The van der Waals surface area contributed by atoms with Crippen LogP contribution in [0.2, 0.25) is 0 Å². The Morgan fingerprint density at radius 3 is 2.29 bits per heavy atom. The molecule has 3 rings (SSSR count). The van der Waals surface area contributed by atoms with Gasteiger partial charge in [0.25, 0.3) is 10.0 Å². The average molecular weight is 401 g/mol. The maximum atomic E-state index is 13.1. The van der Waals surface area contributed by atoms with Crippen LogP contribution in [0.25, 0.3) is 10.9 Å². The molecule has 1 amide bonds. The molecule has 28 heavy (non-hydrogen) atoms. The summed E-state index contributed by atoms with van der Waals surface area (Å²) in [5.74, 6) is 0. The number of rotatable bonds is 3. The normalized spacial score (nSPS) is 12.2. The second-order valence-electron chi connectivity index (χ2n) is 7.71. The molecule has 0 aliphatic carbocycles. The van der Waals surface area contributed by atoms with Gasteiger partial charge in [-0.05, 0) is 58.0 Å². The number of amides is 1. The van der Waals surface area contributed by atoms with E-state index in [1.54, 1.807) is 76.3 Å². The first kappa shape index (κ1) is 19.9. The van der Waals surface area contributed by atoms with Crippen LogP contribution in [0.5, 0.6) is 0 Å². The molecule has 0 bridgehead atoms. The zero-order chi connectivity index (χ0) is 20.7. The van der Waals surface area contributed by atoms with E-state index >= 15 is 0 Å². The van der Waals surface area contributed by atoms with Crippen LogP contribution in [0.3, 0.4) is 0 Å². The van der Waals surface area contributed by atoms with Gasteiger partial charge >= 0.3 is 6.09 Å². The Hall–Kier alpha value is -2.80. The molecule has 0 aliphatic heterocycles. The third-order valence-corrected chi connectivity index (χ3v) is 5.98. The number of aryl methyl sites for hydroxylation is 1. The molecule has 1 aromatic heterocycles. The number of carbonyl (C=O) groups excluding carboxylic acids is 1. The summed E-state index contributed by atoms with van der Waals surface area (Å²) in [6.45, 7) is 7.28. The Kier molecular flexibility index (Phi) is 4.97. The van der Waals surface area contributed by atoms with Gasteiger partial charge in [-0.25, -0.2) is 17.2 Å². The molecule has 6 nitrogen and oxygen atoms in total. The van der Waals surface area contributed by atoms with Crippen molar-refractivity contribution < 1.29 is 17.9 Å². The van der Waals surface area contributed by atoms with Gasteiger partial charge in [0.2, 0.25) is 0 Å². The van der Waals surface area contributed by atoms with E-state index in [9.17, 15) is 13.2 Å². The topological polar surface area (TPSA) is 68.6 Å². The van der Waals surface area contributed by atoms with E-state index in [1.807, 2.05) is 6.92 Å². The van der Waals surface area contributed by atoms with Gasteiger partial charge in [-0.3, -0.25) is 4.90 Å². The molecule has 0 radical (unpaired) electrons. The monoisotopic (exact) mass is 400 g/mol. The number of aromatic nitrogens is 1. The van der Waals surface area contributed by atoms with Crippen LogP contribution < -0.4 is 4.90 Å². The zero-order valence-corrected chi connectivity index (χ0v) is 17.4. The lowest BCUT2D eigenvalue weighted by Gasteiger charge is -2.24. The second-order valence-corrected chi connectivity index (χ2v) is 9.53. The number of hydrogen-bond acceptors (Lipinski definition) is 4. The first-order valence-electron chi connectivity index (χ1n) is 8.89. The van der Waals surface area contributed by atoms with Gasteiger partial charge in [-0.2, -0.15) is 0 Å². The van der Waals surface area contributed by atoms with Crippen LogP contribution in [0.15, 0.2) is 59.6 Å². The summed E-state index contributed by atoms with van der Waals surface area (Å²) in [6, 6.07) is 13.7.